The van der Waals surface area contributed by atoms with Crippen molar-refractivity contribution in [2.24, 2.45) is 0 Å². The molecule has 2 aliphatic rings. The van der Waals surface area contributed by atoms with Crippen molar-refractivity contribution in [3.63, 3.8) is 0 Å². The van der Waals surface area contributed by atoms with Crippen molar-refractivity contribution in [2.45, 2.75) is 23.8 Å². The first-order valence-corrected chi connectivity index (χ1v) is 9.96. The predicted molar refractivity (Wildman–Crippen MR) is 90.5 cm³/mol. The van der Waals surface area contributed by atoms with Crippen LogP contribution >= 0.6 is 15.9 Å². The van der Waals surface area contributed by atoms with Crippen molar-refractivity contribution in [3.05, 3.63) is 28.7 Å². The highest BCUT2D eigenvalue weighted by Crippen LogP contribution is 2.21. The third kappa shape index (κ3) is 4.32. The lowest BCUT2D eigenvalue weighted by Gasteiger charge is -2.33. The largest absolute Gasteiger partial charge is 0.352 e. The topological polar surface area (TPSA) is 69.7 Å². The van der Waals surface area contributed by atoms with E-state index in [1.54, 1.807) is 24.3 Å². The van der Waals surface area contributed by atoms with Gasteiger partial charge in [0.1, 0.15) is 0 Å². The Bertz CT molecular complexity index is 683. The van der Waals surface area contributed by atoms with Gasteiger partial charge >= 0.3 is 0 Å². The van der Waals surface area contributed by atoms with Crippen molar-refractivity contribution < 1.29 is 13.2 Å². The first-order valence-electron chi connectivity index (χ1n) is 7.72. The van der Waals surface area contributed by atoms with Crippen LogP contribution in [0.4, 0.5) is 0 Å². The summed E-state index contributed by atoms with van der Waals surface area (Å²) in [6, 6.07) is 7.10. The average Bonchev–Trinajstić information content (AvgIpc) is 3.31. The Kier molecular flexibility index (Phi) is 5.05. The van der Waals surface area contributed by atoms with Crippen LogP contribution in [0.3, 0.4) is 0 Å². The highest BCUT2D eigenvalue weighted by Gasteiger charge is 2.30. The van der Waals surface area contributed by atoms with Crippen LogP contribution in [0, 0.1) is 0 Å². The van der Waals surface area contributed by atoms with Crippen LogP contribution in [-0.4, -0.2) is 62.3 Å². The van der Waals surface area contributed by atoms with E-state index in [9.17, 15) is 13.2 Å². The van der Waals surface area contributed by atoms with Crippen LogP contribution < -0.4 is 5.32 Å². The Morgan fingerprint density at radius 1 is 1.22 bits per heavy atom. The Morgan fingerprint density at radius 3 is 2.52 bits per heavy atom. The summed E-state index contributed by atoms with van der Waals surface area (Å²) >= 11 is 3.30. The van der Waals surface area contributed by atoms with E-state index in [1.807, 2.05) is 4.90 Å². The molecule has 1 aliphatic carbocycles. The summed E-state index contributed by atoms with van der Waals surface area (Å²) in [5, 5.41) is 2.96. The maximum absolute atomic E-state index is 12.6. The van der Waals surface area contributed by atoms with Crippen molar-refractivity contribution in [1.82, 2.24) is 14.5 Å². The molecular formula is C15H20BrN3O3S. The molecule has 23 heavy (non-hydrogen) atoms. The molecule has 1 saturated carbocycles. The van der Waals surface area contributed by atoms with Crippen LogP contribution in [0.15, 0.2) is 33.6 Å². The standard InChI is InChI=1S/C15H20BrN3O3S/c16-12-2-1-3-14(10-12)23(21,22)19-8-6-18(7-9-19)11-15(20)17-13-4-5-13/h1-3,10,13H,4-9,11H2,(H,17,20). The summed E-state index contributed by atoms with van der Waals surface area (Å²) < 4.78 is 27.5. The summed E-state index contributed by atoms with van der Waals surface area (Å²) in [5.41, 5.74) is 0. The third-order valence-corrected chi connectivity index (χ3v) is 6.46. The molecule has 8 heteroatoms. The second-order valence-electron chi connectivity index (χ2n) is 5.98. The van der Waals surface area contributed by atoms with Gasteiger partial charge in [-0.05, 0) is 31.0 Å². The van der Waals surface area contributed by atoms with Crippen LogP contribution in [0.2, 0.25) is 0 Å². The van der Waals surface area contributed by atoms with Crippen LogP contribution in [-0.2, 0) is 14.8 Å². The number of carbonyl (C=O) groups is 1. The van der Waals surface area contributed by atoms with Gasteiger partial charge in [0.05, 0.1) is 11.4 Å². The molecule has 2 fully saturated rings. The molecule has 1 N–H and O–H groups in total. The van der Waals surface area contributed by atoms with E-state index in [1.165, 1.54) is 4.31 Å². The quantitative estimate of drug-likeness (QED) is 0.799. The number of rotatable bonds is 5. The summed E-state index contributed by atoms with van der Waals surface area (Å²) in [7, 11) is -3.47. The molecule has 1 heterocycles. The highest BCUT2D eigenvalue weighted by atomic mass is 79.9. The van der Waals surface area contributed by atoms with Gasteiger partial charge in [-0.15, -0.1) is 0 Å². The van der Waals surface area contributed by atoms with Gasteiger partial charge in [-0.3, -0.25) is 9.69 Å². The van der Waals surface area contributed by atoms with Gasteiger partial charge in [0.25, 0.3) is 0 Å². The molecule has 0 atom stereocenters. The molecule has 0 spiro atoms. The maximum atomic E-state index is 12.6. The summed E-state index contributed by atoms with van der Waals surface area (Å²) in [5.74, 6) is 0.0378. The molecule has 1 aromatic rings. The van der Waals surface area contributed by atoms with E-state index >= 15 is 0 Å². The minimum Gasteiger partial charge on any atom is -0.352 e. The zero-order chi connectivity index (χ0) is 16.4. The minimum absolute atomic E-state index is 0.0378. The zero-order valence-electron chi connectivity index (χ0n) is 12.7. The molecule has 0 bridgehead atoms. The van der Waals surface area contributed by atoms with Crippen LogP contribution in [0.25, 0.3) is 0 Å². The van der Waals surface area contributed by atoms with E-state index in [-0.39, 0.29) is 5.91 Å². The molecule has 1 aliphatic heterocycles. The van der Waals surface area contributed by atoms with Gasteiger partial charge in [-0.25, -0.2) is 8.42 Å². The number of nitrogens with zero attached hydrogens (tertiary/aromatic N) is 2. The molecule has 0 radical (unpaired) electrons. The molecule has 0 unspecified atom stereocenters. The summed E-state index contributed by atoms with van der Waals surface area (Å²) in [6.07, 6.45) is 2.15. The molecule has 0 aromatic heterocycles. The van der Waals surface area contributed by atoms with E-state index in [0.29, 0.717) is 43.7 Å². The van der Waals surface area contributed by atoms with Crippen LogP contribution in [0.5, 0.6) is 0 Å². The number of sulfonamides is 1. The van der Waals surface area contributed by atoms with E-state index in [2.05, 4.69) is 21.2 Å². The first kappa shape index (κ1) is 16.9. The van der Waals surface area contributed by atoms with E-state index < -0.39 is 10.0 Å². The Hall–Kier alpha value is -0.960. The first-order chi connectivity index (χ1) is 10.9. The van der Waals surface area contributed by atoms with Crippen LogP contribution in [0.1, 0.15) is 12.8 Å². The van der Waals surface area contributed by atoms with E-state index in [4.69, 9.17) is 0 Å². The van der Waals surface area contributed by atoms with Crippen molar-refractivity contribution in [2.75, 3.05) is 32.7 Å². The van der Waals surface area contributed by atoms with Gasteiger partial charge in [-0.1, -0.05) is 22.0 Å². The molecule has 1 amide bonds. The molecule has 3 rings (SSSR count). The Morgan fingerprint density at radius 2 is 1.91 bits per heavy atom. The van der Waals surface area contributed by atoms with Gasteiger partial charge in [0, 0.05) is 36.7 Å². The lowest BCUT2D eigenvalue weighted by Crippen LogP contribution is -2.51. The molecular weight excluding hydrogens is 382 g/mol. The Balaban J connectivity index is 1.56. The second-order valence-corrected chi connectivity index (χ2v) is 8.83. The summed E-state index contributed by atoms with van der Waals surface area (Å²) in [4.78, 5) is 14.1. The average molecular weight is 402 g/mol. The SMILES string of the molecule is O=C(CN1CCN(S(=O)(=O)c2cccc(Br)c2)CC1)NC1CC1. The second kappa shape index (κ2) is 6.88. The van der Waals surface area contributed by atoms with Crippen molar-refractivity contribution in [3.8, 4) is 0 Å². The van der Waals surface area contributed by atoms with Gasteiger partial charge in [0.15, 0.2) is 0 Å². The number of hydrogen-bond donors (Lipinski definition) is 1. The number of piperazine rings is 1. The monoisotopic (exact) mass is 401 g/mol. The lowest BCUT2D eigenvalue weighted by molar-refractivity contribution is -0.122. The fourth-order valence-corrected chi connectivity index (χ4v) is 4.63. The molecule has 126 valence electrons. The minimum atomic E-state index is -3.47. The lowest BCUT2D eigenvalue weighted by atomic mass is 10.3. The molecule has 1 aromatic carbocycles. The molecule has 1 saturated heterocycles. The Labute approximate surface area is 145 Å². The summed E-state index contributed by atoms with van der Waals surface area (Å²) in [6.45, 7) is 2.31. The molecule has 6 nitrogen and oxygen atoms in total. The number of amides is 1. The maximum Gasteiger partial charge on any atom is 0.243 e. The number of halogens is 1. The number of nitrogens with one attached hydrogen (secondary N) is 1. The normalized spacial score (nSPS) is 20.4. The number of carbonyl (C=O) groups excluding carboxylic acids is 1. The van der Waals surface area contributed by atoms with Gasteiger partial charge < -0.3 is 5.32 Å². The highest BCUT2D eigenvalue weighted by molar-refractivity contribution is 9.10. The third-order valence-electron chi connectivity index (χ3n) is 4.07. The van der Waals surface area contributed by atoms with Gasteiger partial charge in [0.2, 0.25) is 15.9 Å². The smallest absolute Gasteiger partial charge is 0.243 e. The zero-order valence-corrected chi connectivity index (χ0v) is 15.1. The van der Waals surface area contributed by atoms with Gasteiger partial charge in [-0.2, -0.15) is 4.31 Å². The fraction of sp³-hybridized carbons (Fsp3) is 0.533. The predicted octanol–water partition coefficient (Wildman–Crippen LogP) is 1.03. The fourth-order valence-electron chi connectivity index (χ4n) is 2.61. The number of hydrogen-bond acceptors (Lipinski definition) is 4. The van der Waals surface area contributed by atoms with Crippen molar-refractivity contribution >= 4 is 31.9 Å². The van der Waals surface area contributed by atoms with Crippen molar-refractivity contribution in [1.29, 1.82) is 0 Å². The number of benzene rings is 1. The van der Waals surface area contributed by atoms with E-state index in [0.717, 1.165) is 17.3 Å².